The fourth-order valence-electron chi connectivity index (χ4n) is 3.26. The third-order valence-corrected chi connectivity index (χ3v) is 5.91. The van der Waals surface area contributed by atoms with Gasteiger partial charge in [0, 0.05) is 9.75 Å². The first-order chi connectivity index (χ1) is 12.1. The molecule has 1 amide bonds. The highest BCUT2D eigenvalue weighted by molar-refractivity contribution is 7.12. The van der Waals surface area contributed by atoms with Crippen LogP contribution in [0, 0.1) is 5.41 Å². The third-order valence-electron chi connectivity index (χ3n) is 4.74. The standard InChI is InChI=1S/C20H22F3NOS/c1-19(2)7-6-14-10-16(26-17(14)11-19)12-24-18(25)9-13-4-3-5-15(8-13)20(21,22)23/h3-5,8,10H,6-7,9,11-12H2,1-2H3,(H,24,25). The molecule has 0 fully saturated rings. The summed E-state index contributed by atoms with van der Waals surface area (Å²) >= 11 is 1.73. The Balaban J connectivity index is 1.58. The summed E-state index contributed by atoms with van der Waals surface area (Å²) in [4.78, 5) is 14.6. The van der Waals surface area contributed by atoms with E-state index in [2.05, 4.69) is 25.2 Å². The molecule has 2 aromatic rings. The summed E-state index contributed by atoms with van der Waals surface area (Å²) in [6, 6.07) is 7.08. The first-order valence-corrected chi connectivity index (χ1v) is 9.47. The van der Waals surface area contributed by atoms with Crippen molar-refractivity contribution in [2.24, 2.45) is 5.41 Å². The minimum absolute atomic E-state index is 0.0535. The molecular formula is C20H22F3NOS. The summed E-state index contributed by atoms with van der Waals surface area (Å²) in [5.74, 6) is -0.268. The van der Waals surface area contributed by atoms with Crippen LogP contribution in [0.15, 0.2) is 30.3 Å². The third kappa shape index (κ3) is 4.67. The molecule has 1 N–H and O–H groups in total. The van der Waals surface area contributed by atoms with Gasteiger partial charge in [0.05, 0.1) is 18.5 Å². The van der Waals surface area contributed by atoms with E-state index in [0.717, 1.165) is 36.3 Å². The van der Waals surface area contributed by atoms with Crippen LogP contribution in [0.5, 0.6) is 0 Å². The Hall–Kier alpha value is -1.82. The van der Waals surface area contributed by atoms with Gasteiger partial charge in [-0.15, -0.1) is 11.3 Å². The van der Waals surface area contributed by atoms with Crippen LogP contribution >= 0.6 is 11.3 Å². The molecule has 6 heteroatoms. The molecule has 1 aliphatic carbocycles. The topological polar surface area (TPSA) is 29.1 Å². The lowest BCUT2D eigenvalue weighted by Crippen LogP contribution is -2.24. The van der Waals surface area contributed by atoms with E-state index in [4.69, 9.17) is 0 Å². The van der Waals surface area contributed by atoms with Crippen LogP contribution in [0.4, 0.5) is 13.2 Å². The molecule has 0 spiro atoms. The van der Waals surface area contributed by atoms with E-state index in [1.165, 1.54) is 16.5 Å². The summed E-state index contributed by atoms with van der Waals surface area (Å²) < 4.78 is 38.2. The van der Waals surface area contributed by atoms with E-state index in [-0.39, 0.29) is 12.3 Å². The number of fused-ring (bicyclic) bond motifs is 1. The van der Waals surface area contributed by atoms with Crippen LogP contribution in [-0.2, 0) is 36.8 Å². The number of hydrogen-bond acceptors (Lipinski definition) is 2. The van der Waals surface area contributed by atoms with Gasteiger partial charge in [-0.25, -0.2) is 0 Å². The highest BCUT2D eigenvalue weighted by atomic mass is 32.1. The Bertz CT molecular complexity index is 808. The molecule has 1 aromatic carbocycles. The summed E-state index contributed by atoms with van der Waals surface area (Å²) in [6.07, 6.45) is -1.15. The van der Waals surface area contributed by atoms with Gasteiger partial charge in [0.15, 0.2) is 0 Å². The van der Waals surface area contributed by atoms with Gasteiger partial charge in [0.25, 0.3) is 0 Å². The van der Waals surface area contributed by atoms with Crippen LogP contribution in [0.2, 0.25) is 0 Å². The minimum atomic E-state index is -4.39. The molecule has 1 aliphatic rings. The molecule has 0 saturated heterocycles. The lowest BCUT2D eigenvalue weighted by molar-refractivity contribution is -0.137. The quantitative estimate of drug-likeness (QED) is 0.781. The van der Waals surface area contributed by atoms with E-state index in [1.807, 2.05) is 0 Å². The number of nitrogens with one attached hydrogen (secondary N) is 1. The normalized spacial score (nSPS) is 16.2. The van der Waals surface area contributed by atoms with Crippen molar-refractivity contribution in [2.75, 3.05) is 0 Å². The van der Waals surface area contributed by atoms with Crippen molar-refractivity contribution in [3.05, 3.63) is 56.8 Å². The maximum atomic E-state index is 12.7. The first-order valence-electron chi connectivity index (χ1n) is 8.66. The van der Waals surface area contributed by atoms with Crippen molar-refractivity contribution >= 4 is 17.2 Å². The number of rotatable bonds is 4. The summed E-state index contributed by atoms with van der Waals surface area (Å²) in [5, 5.41) is 2.83. The van der Waals surface area contributed by atoms with E-state index in [1.54, 1.807) is 17.4 Å². The summed E-state index contributed by atoms with van der Waals surface area (Å²) in [6.45, 7) is 4.97. The fraction of sp³-hybridized carbons (Fsp3) is 0.450. The Morgan fingerprint density at radius 3 is 2.77 bits per heavy atom. The first kappa shape index (κ1) is 19.0. The molecule has 1 heterocycles. The number of carbonyl (C=O) groups is 1. The lowest BCUT2D eigenvalue weighted by Gasteiger charge is -2.28. The van der Waals surface area contributed by atoms with Crippen LogP contribution in [-0.4, -0.2) is 5.91 Å². The molecule has 0 radical (unpaired) electrons. The van der Waals surface area contributed by atoms with Gasteiger partial charge < -0.3 is 5.32 Å². The molecule has 0 bridgehead atoms. The number of hydrogen-bond donors (Lipinski definition) is 1. The van der Waals surface area contributed by atoms with Gasteiger partial charge in [-0.1, -0.05) is 32.0 Å². The number of thiophene rings is 1. The number of halogens is 3. The molecule has 1 aromatic heterocycles. The number of carbonyl (C=O) groups excluding carboxylic acids is 1. The number of aryl methyl sites for hydroxylation is 1. The zero-order valence-electron chi connectivity index (χ0n) is 14.9. The van der Waals surface area contributed by atoms with E-state index in [0.29, 0.717) is 17.5 Å². The zero-order valence-corrected chi connectivity index (χ0v) is 15.7. The van der Waals surface area contributed by atoms with E-state index < -0.39 is 11.7 Å². The number of benzene rings is 1. The van der Waals surface area contributed by atoms with Gasteiger partial charge in [-0.2, -0.15) is 13.2 Å². The summed E-state index contributed by atoms with van der Waals surface area (Å²) in [5.41, 5.74) is 1.33. The number of alkyl halides is 3. The van der Waals surface area contributed by atoms with Crippen molar-refractivity contribution in [2.45, 2.75) is 52.3 Å². The monoisotopic (exact) mass is 381 g/mol. The fourth-order valence-corrected chi connectivity index (χ4v) is 4.68. The SMILES string of the molecule is CC1(C)CCc2cc(CNC(=O)Cc3cccc(C(F)(F)F)c3)sc2C1. The van der Waals surface area contributed by atoms with Crippen molar-refractivity contribution in [3.8, 4) is 0 Å². The van der Waals surface area contributed by atoms with Gasteiger partial charge in [-0.05, 0) is 47.9 Å². The highest BCUT2D eigenvalue weighted by Crippen LogP contribution is 2.38. The molecule has 0 unspecified atom stereocenters. The van der Waals surface area contributed by atoms with Crippen LogP contribution in [0.3, 0.4) is 0 Å². The maximum Gasteiger partial charge on any atom is 0.416 e. The second-order valence-electron chi connectivity index (χ2n) is 7.65. The van der Waals surface area contributed by atoms with E-state index >= 15 is 0 Å². The smallest absolute Gasteiger partial charge is 0.351 e. The summed E-state index contributed by atoms with van der Waals surface area (Å²) in [7, 11) is 0. The number of amides is 1. The molecule has 26 heavy (non-hydrogen) atoms. The van der Waals surface area contributed by atoms with Crippen LogP contribution in [0.1, 0.15) is 46.7 Å². The predicted molar refractivity (Wildman–Crippen MR) is 97.1 cm³/mol. The van der Waals surface area contributed by atoms with Gasteiger partial charge in [-0.3, -0.25) is 4.79 Å². The molecule has 0 aliphatic heterocycles. The Morgan fingerprint density at radius 1 is 1.27 bits per heavy atom. The van der Waals surface area contributed by atoms with Gasteiger partial charge in [0.1, 0.15) is 0 Å². The lowest BCUT2D eigenvalue weighted by atomic mass is 9.78. The Kier molecular flexibility index (Phi) is 5.15. The molecule has 2 nitrogen and oxygen atoms in total. The van der Waals surface area contributed by atoms with Crippen molar-refractivity contribution < 1.29 is 18.0 Å². The zero-order chi connectivity index (χ0) is 18.9. The highest BCUT2D eigenvalue weighted by Gasteiger charge is 2.30. The predicted octanol–water partition coefficient (Wildman–Crippen LogP) is 5.14. The maximum absolute atomic E-state index is 12.7. The molecule has 0 saturated carbocycles. The van der Waals surface area contributed by atoms with Gasteiger partial charge >= 0.3 is 6.18 Å². The second-order valence-corrected chi connectivity index (χ2v) is 8.88. The minimum Gasteiger partial charge on any atom is -0.351 e. The van der Waals surface area contributed by atoms with Crippen LogP contribution < -0.4 is 5.32 Å². The average molecular weight is 381 g/mol. The van der Waals surface area contributed by atoms with Gasteiger partial charge in [0.2, 0.25) is 5.91 Å². The largest absolute Gasteiger partial charge is 0.416 e. The second kappa shape index (κ2) is 7.06. The average Bonchev–Trinajstić information content (AvgIpc) is 2.93. The molecule has 3 rings (SSSR count). The van der Waals surface area contributed by atoms with Crippen LogP contribution in [0.25, 0.3) is 0 Å². The Morgan fingerprint density at radius 2 is 2.04 bits per heavy atom. The molecule has 140 valence electrons. The van der Waals surface area contributed by atoms with Crippen molar-refractivity contribution in [3.63, 3.8) is 0 Å². The molecule has 0 atom stereocenters. The van der Waals surface area contributed by atoms with Crippen molar-refractivity contribution in [1.82, 2.24) is 5.32 Å². The van der Waals surface area contributed by atoms with E-state index in [9.17, 15) is 18.0 Å². The molecular weight excluding hydrogens is 359 g/mol. The van der Waals surface area contributed by atoms with Crippen molar-refractivity contribution in [1.29, 1.82) is 0 Å². The Labute approximate surface area is 155 Å².